The number of nitrogens with zero attached hydrogens (tertiary/aromatic N) is 5. The Morgan fingerprint density at radius 2 is 1.90 bits per heavy atom. The van der Waals surface area contributed by atoms with Gasteiger partial charge in [-0.15, -0.1) is 5.10 Å². The third kappa shape index (κ3) is 4.60. The summed E-state index contributed by atoms with van der Waals surface area (Å²) in [4.78, 5) is 21.6. The molecule has 0 atom stereocenters. The Hall–Kier alpha value is -3.90. The molecule has 1 amide bonds. The van der Waals surface area contributed by atoms with Gasteiger partial charge in [0.2, 0.25) is 17.7 Å². The summed E-state index contributed by atoms with van der Waals surface area (Å²) in [6.07, 6.45) is -0.347. The first kappa shape index (κ1) is 26.3. The van der Waals surface area contributed by atoms with Crippen molar-refractivity contribution in [3.05, 3.63) is 36.3 Å². The molecule has 2 N–H and O–H groups in total. The number of hydrogen-bond donors (Lipinski definition) is 2. The van der Waals surface area contributed by atoms with Gasteiger partial charge in [-0.05, 0) is 43.5 Å². The van der Waals surface area contributed by atoms with Crippen LogP contribution in [0.5, 0.6) is 5.88 Å². The Morgan fingerprint density at radius 3 is 2.58 bits per heavy atom. The summed E-state index contributed by atoms with van der Waals surface area (Å²) >= 11 is 0. The van der Waals surface area contributed by atoms with Gasteiger partial charge in [0, 0.05) is 36.7 Å². The molecule has 9 nitrogen and oxygen atoms in total. The minimum Gasteiger partial charge on any atom is -0.479 e. The van der Waals surface area contributed by atoms with Crippen LogP contribution in [-0.2, 0) is 11.3 Å². The molecular weight excluding hydrogens is 530 g/mol. The Labute approximate surface area is 226 Å². The van der Waals surface area contributed by atoms with E-state index in [0.717, 1.165) is 11.1 Å². The van der Waals surface area contributed by atoms with Gasteiger partial charge in [-0.1, -0.05) is 13.0 Å². The van der Waals surface area contributed by atoms with Gasteiger partial charge in [-0.25, -0.2) is 27.1 Å². The number of amides is 1. The van der Waals surface area contributed by atoms with E-state index in [9.17, 15) is 22.4 Å². The first-order valence-electron chi connectivity index (χ1n) is 13.1. The zero-order valence-corrected chi connectivity index (χ0v) is 22.2. The third-order valence-corrected chi connectivity index (χ3v) is 7.94. The molecule has 2 aliphatic rings. The number of nitrogens with one attached hydrogen (secondary N) is 2. The molecule has 3 aromatic heterocycles. The molecule has 0 saturated heterocycles. The SMILES string of the molecule is COc1nc(NC2CC(C)(C(=O)NC3CC(F)(F)C3)C2)nn2ccc(-c3ccc4nc(C)n(CC(F)F)c4c3)c12. The number of carbonyl (C=O) groups excluding carboxylic acids is 1. The molecule has 0 unspecified atom stereocenters. The van der Waals surface area contributed by atoms with Crippen LogP contribution in [0.15, 0.2) is 30.5 Å². The lowest BCUT2D eigenvalue weighted by molar-refractivity contribution is -0.142. The van der Waals surface area contributed by atoms with Crippen LogP contribution in [-0.4, -0.2) is 61.6 Å². The van der Waals surface area contributed by atoms with Crippen LogP contribution in [0.4, 0.5) is 23.5 Å². The van der Waals surface area contributed by atoms with E-state index in [1.54, 1.807) is 23.7 Å². The molecule has 0 bridgehead atoms. The van der Waals surface area contributed by atoms with E-state index in [2.05, 4.69) is 25.7 Å². The quantitative estimate of drug-likeness (QED) is 0.301. The van der Waals surface area contributed by atoms with Crippen LogP contribution in [0.2, 0.25) is 0 Å². The molecule has 4 aromatic rings. The Balaban J connectivity index is 1.20. The number of fused-ring (bicyclic) bond motifs is 2. The summed E-state index contributed by atoms with van der Waals surface area (Å²) in [5, 5.41) is 10.6. The van der Waals surface area contributed by atoms with E-state index in [1.807, 2.05) is 25.1 Å². The predicted molar refractivity (Wildman–Crippen MR) is 140 cm³/mol. The number of halogens is 4. The summed E-state index contributed by atoms with van der Waals surface area (Å²) in [5.41, 5.74) is 2.74. The van der Waals surface area contributed by atoms with E-state index >= 15 is 0 Å². The second-order valence-electron chi connectivity index (χ2n) is 11.1. The van der Waals surface area contributed by atoms with E-state index in [1.165, 1.54) is 11.7 Å². The third-order valence-electron chi connectivity index (χ3n) is 7.94. The Kier molecular flexibility index (Phi) is 6.15. The van der Waals surface area contributed by atoms with Crippen molar-refractivity contribution in [3.8, 4) is 17.0 Å². The topological polar surface area (TPSA) is 98.4 Å². The largest absolute Gasteiger partial charge is 0.479 e. The molecule has 3 heterocycles. The van der Waals surface area contributed by atoms with Crippen LogP contribution < -0.4 is 15.4 Å². The highest BCUT2D eigenvalue weighted by Crippen LogP contribution is 2.44. The number of rotatable bonds is 8. The highest BCUT2D eigenvalue weighted by Gasteiger charge is 2.51. The maximum atomic E-state index is 13.2. The number of anilines is 1. The first-order chi connectivity index (χ1) is 18.9. The van der Waals surface area contributed by atoms with Crippen LogP contribution >= 0.6 is 0 Å². The summed E-state index contributed by atoms with van der Waals surface area (Å²) in [5.74, 6) is -1.74. The normalized spacial score (nSPS) is 22.4. The molecule has 2 aliphatic carbocycles. The van der Waals surface area contributed by atoms with E-state index in [4.69, 9.17) is 4.74 Å². The number of imidazole rings is 1. The van der Waals surface area contributed by atoms with Crippen molar-refractivity contribution in [1.29, 1.82) is 0 Å². The lowest BCUT2D eigenvalue weighted by Crippen LogP contribution is -2.58. The Morgan fingerprint density at radius 1 is 1.15 bits per heavy atom. The molecule has 2 saturated carbocycles. The van der Waals surface area contributed by atoms with Crippen molar-refractivity contribution in [2.45, 2.75) is 70.5 Å². The molecule has 40 heavy (non-hydrogen) atoms. The van der Waals surface area contributed by atoms with Gasteiger partial charge in [0.1, 0.15) is 11.3 Å². The minimum atomic E-state index is -2.68. The highest BCUT2D eigenvalue weighted by atomic mass is 19.3. The number of carbonyl (C=O) groups is 1. The second-order valence-corrected chi connectivity index (χ2v) is 11.1. The second kappa shape index (κ2) is 9.34. The zero-order valence-electron chi connectivity index (χ0n) is 22.2. The lowest BCUT2D eigenvalue weighted by atomic mass is 9.66. The summed E-state index contributed by atoms with van der Waals surface area (Å²) in [6.45, 7) is 3.09. The summed E-state index contributed by atoms with van der Waals surface area (Å²) in [6, 6.07) is 6.80. The first-order valence-corrected chi connectivity index (χ1v) is 13.1. The zero-order chi connectivity index (χ0) is 28.4. The Bertz CT molecular complexity index is 1600. The molecule has 2 fully saturated rings. The number of methoxy groups -OCH3 is 1. The van der Waals surface area contributed by atoms with E-state index in [0.29, 0.717) is 47.0 Å². The average Bonchev–Trinajstić information content (AvgIpc) is 3.41. The number of benzene rings is 1. The monoisotopic (exact) mass is 559 g/mol. The molecule has 0 aliphatic heterocycles. The van der Waals surface area contributed by atoms with Crippen LogP contribution in [0.25, 0.3) is 27.7 Å². The van der Waals surface area contributed by atoms with Gasteiger partial charge in [0.15, 0.2) is 0 Å². The summed E-state index contributed by atoms with van der Waals surface area (Å²) in [7, 11) is 1.50. The summed E-state index contributed by atoms with van der Waals surface area (Å²) < 4.78 is 61.3. The maximum Gasteiger partial charge on any atom is 0.256 e. The fourth-order valence-electron chi connectivity index (χ4n) is 5.83. The fourth-order valence-corrected chi connectivity index (χ4v) is 5.83. The average molecular weight is 560 g/mol. The van der Waals surface area contributed by atoms with Crippen molar-refractivity contribution in [3.63, 3.8) is 0 Å². The van der Waals surface area contributed by atoms with Crippen molar-refractivity contribution in [1.82, 2.24) is 29.5 Å². The fraction of sp³-hybridized carbons (Fsp3) is 0.481. The predicted octanol–water partition coefficient (Wildman–Crippen LogP) is 4.82. The van der Waals surface area contributed by atoms with Gasteiger partial charge < -0.3 is 19.9 Å². The van der Waals surface area contributed by atoms with Crippen molar-refractivity contribution < 1.29 is 27.1 Å². The molecule has 0 spiro atoms. The number of alkyl halides is 4. The smallest absolute Gasteiger partial charge is 0.256 e. The van der Waals surface area contributed by atoms with Crippen LogP contribution in [0.1, 0.15) is 38.4 Å². The standard InChI is InChI=1S/C27H29F4N7O2/c1-14-32-19-5-4-15(8-20(19)37(14)13-21(28)29)18-6-7-38-22(18)23(40-3)35-25(36-38)34-16-9-26(2,10-16)24(39)33-17-11-27(30,31)12-17/h4-8,16-17,21H,9-13H2,1-3H3,(H,33,39)(H,34,36). The van der Waals surface area contributed by atoms with Gasteiger partial charge in [-0.3, -0.25) is 4.79 Å². The lowest BCUT2D eigenvalue weighted by Gasteiger charge is -2.46. The van der Waals surface area contributed by atoms with Crippen molar-refractivity contribution in [2.24, 2.45) is 5.41 Å². The van der Waals surface area contributed by atoms with Crippen LogP contribution in [0, 0.1) is 12.3 Å². The molecule has 212 valence electrons. The van der Waals surface area contributed by atoms with Crippen molar-refractivity contribution >= 4 is 28.4 Å². The van der Waals surface area contributed by atoms with Crippen LogP contribution in [0.3, 0.4) is 0 Å². The minimum absolute atomic E-state index is 0.0726. The molecule has 1 aromatic carbocycles. The molecule has 0 radical (unpaired) electrons. The number of aryl methyl sites for hydroxylation is 1. The molecular formula is C27H29F4N7O2. The van der Waals surface area contributed by atoms with E-state index in [-0.39, 0.29) is 24.8 Å². The van der Waals surface area contributed by atoms with E-state index < -0.39 is 30.3 Å². The molecule has 6 rings (SSSR count). The number of aromatic nitrogens is 5. The van der Waals surface area contributed by atoms with Crippen molar-refractivity contribution in [2.75, 3.05) is 12.4 Å². The molecule has 13 heteroatoms. The number of hydrogen-bond acceptors (Lipinski definition) is 6. The maximum absolute atomic E-state index is 13.2. The number of ether oxygens (including phenoxy) is 1. The van der Waals surface area contributed by atoms with Gasteiger partial charge in [0.05, 0.1) is 30.1 Å². The van der Waals surface area contributed by atoms with Gasteiger partial charge in [0.25, 0.3) is 12.3 Å². The van der Waals surface area contributed by atoms with Gasteiger partial charge in [-0.2, -0.15) is 4.98 Å². The van der Waals surface area contributed by atoms with Gasteiger partial charge >= 0.3 is 0 Å². The highest BCUT2D eigenvalue weighted by molar-refractivity contribution is 5.90.